The summed E-state index contributed by atoms with van der Waals surface area (Å²) in [4.78, 5) is 34.9. The first-order valence-corrected chi connectivity index (χ1v) is 11.5. The lowest BCUT2D eigenvalue weighted by Crippen LogP contribution is -2.18. The summed E-state index contributed by atoms with van der Waals surface area (Å²) < 4.78 is 7.17. The van der Waals surface area contributed by atoms with E-state index in [1.165, 1.54) is 36.0 Å². The van der Waals surface area contributed by atoms with Crippen molar-refractivity contribution in [2.45, 2.75) is 32.0 Å². The van der Waals surface area contributed by atoms with Crippen molar-refractivity contribution >= 4 is 40.6 Å². The molecule has 2 N–H and O–H groups in total. The summed E-state index contributed by atoms with van der Waals surface area (Å²) in [6, 6.07) is 12.7. The van der Waals surface area contributed by atoms with E-state index in [-0.39, 0.29) is 29.7 Å². The van der Waals surface area contributed by atoms with Gasteiger partial charge in [0, 0.05) is 30.1 Å². The first kappa shape index (κ1) is 24.7. The van der Waals surface area contributed by atoms with Crippen LogP contribution in [0.3, 0.4) is 0 Å². The average Bonchev–Trinajstić information content (AvgIpc) is 3.20. The van der Waals surface area contributed by atoms with Gasteiger partial charge in [0.2, 0.25) is 11.8 Å². The van der Waals surface area contributed by atoms with Crippen molar-refractivity contribution in [3.8, 4) is 5.75 Å². The van der Waals surface area contributed by atoms with Crippen LogP contribution in [0, 0.1) is 10.1 Å². The molecule has 0 aliphatic heterocycles. The molecular weight excluding hydrogens is 460 g/mol. The largest absolute Gasteiger partial charge is 0.494 e. The van der Waals surface area contributed by atoms with E-state index in [0.717, 1.165) is 5.75 Å². The Morgan fingerprint density at radius 1 is 1.00 bits per heavy atom. The quantitative estimate of drug-likeness (QED) is 0.239. The summed E-state index contributed by atoms with van der Waals surface area (Å²) in [5, 5.41) is 25.0. The van der Waals surface area contributed by atoms with Crippen LogP contribution >= 0.6 is 11.8 Å². The van der Waals surface area contributed by atoms with Gasteiger partial charge in [-0.25, -0.2) is 0 Å². The second-order valence-corrected chi connectivity index (χ2v) is 7.91. The number of anilines is 2. The number of nitro groups is 1. The molecule has 0 unspecified atom stereocenters. The van der Waals surface area contributed by atoms with Crippen molar-refractivity contribution in [1.82, 2.24) is 14.8 Å². The maximum atomic E-state index is 12.5. The number of nitro benzene ring substituents is 1. The molecule has 0 bridgehead atoms. The number of rotatable bonds is 11. The number of non-ortho nitro benzene ring substituents is 1. The number of benzene rings is 2. The van der Waals surface area contributed by atoms with E-state index in [1.807, 2.05) is 13.8 Å². The van der Waals surface area contributed by atoms with E-state index < -0.39 is 4.92 Å². The maximum Gasteiger partial charge on any atom is 0.269 e. The Morgan fingerprint density at radius 3 is 2.21 bits per heavy atom. The van der Waals surface area contributed by atoms with Gasteiger partial charge in [0.15, 0.2) is 5.16 Å². The molecule has 2 amide bonds. The van der Waals surface area contributed by atoms with Crippen LogP contribution in [0.15, 0.2) is 53.7 Å². The number of nitrogens with one attached hydrogen (secondary N) is 2. The van der Waals surface area contributed by atoms with Crippen LogP contribution in [-0.4, -0.2) is 43.9 Å². The minimum absolute atomic E-state index is 0.0314. The van der Waals surface area contributed by atoms with Crippen LogP contribution in [0.5, 0.6) is 5.75 Å². The van der Waals surface area contributed by atoms with Crippen LogP contribution in [0.25, 0.3) is 0 Å². The molecule has 1 heterocycles. The predicted molar refractivity (Wildman–Crippen MR) is 128 cm³/mol. The molecule has 3 rings (SSSR count). The fourth-order valence-electron chi connectivity index (χ4n) is 3.02. The van der Waals surface area contributed by atoms with E-state index in [1.54, 1.807) is 28.8 Å². The number of ether oxygens (including phenoxy) is 1. The zero-order chi connectivity index (χ0) is 24.5. The molecule has 1 aromatic heterocycles. The summed E-state index contributed by atoms with van der Waals surface area (Å²) in [7, 11) is 0. The van der Waals surface area contributed by atoms with E-state index in [0.29, 0.717) is 35.5 Å². The Hall–Kier alpha value is -3.93. The lowest BCUT2D eigenvalue weighted by atomic mass is 10.3. The summed E-state index contributed by atoms with van der Waals surface area (Å²) in [5.41, 5.74) is 1.05. The third-order valence-electron chi connectivity index (χ3n) is 4.57. The van der Waals surface area contributed by atoms with Gasteiger partial charge in [-0.2, -0.15) is 0 Å². The zero-order valence-electron chi connectivity index (χ0n) is 18.7. The number of hydrogen-bond donors (Lipinski definition) is 2. The number of hydrogen-bond acceptors (Lipinski definition) is 8. The summed E-state index contributed by atoms with van der Waals surface area (Å²) in [6.07, 6.45) is 0.0314. The topological polar surface area (TPSA) is 141 Å². The highest BCUT2D eigenvalue weighted by atomic mass is 32.2. The van der Waals surface area contributed by atoms with Crippen molar-refractivity contribution in [3.63, 3.8) is 0 Å². The smallest absolute Gasteiger partial charge is 0.269 e. The van der Waals surface area contributed by atoms with Gasteiger partial charge in [0.25, 0.3) is 5.69 Å². The molecule has 0 fully saturated rings. The van der Waals surface area contributed by atoms with Gasteiger partial charge in [0.05, 0.1) is 23.7 Å². The lowest BCUT2D eigenvalue weighted by Gasteiger charge is -2.09. The second kappa shape index (κ2) is 11.8. The average molecular weight is 485 g/mol. The molecule has 2 aromatic carbocycles. The number of thioether (sulfide) groups is 1. The van der Waals surface area contributed by atoms with Crippen molar-refractivity contribution < 1.29 is 19.2 Å². The molecule has 0 aliphatic rings. The zero-order valence-corrected chi connectivity index (χ0v) is 19.5. The van der Waals surface area contributed by atoms with Crippen LogP contribution < -0.4 is 15.4 Å². The second-order valence-electron chi connectivity index (χ2n) is 6.97. The molecule has 0 aliphatic carbocycles. The maximum absolute atomic E-state index is 12.5. The number of nitrogens with zero attached hydrogens (tertiary/aromatic N) is 4. The van der Waals surface area contributed by atoms with Gasteiger partial charge in [-0.15, -0.1) is 10.2 Å². The Balaban J connectivity index is 1.54. The van der Waals surface area contributed by atoms with Gasteiger partial charge in [-0.3, -0.25) is 19.7 Å². The fourth-order valence-corrected chi connectivity index (χ4v) is 3.84. The molecule has 0 saturated carbocycles. The summed E-state index contributed by atoms with van der Waals surface area (Å²) in [5.74, 6) is 0.751. The fraction of sp³-hybridized carbons (Fsp3) is 0.273. The van der Waals surface area contributed by atoms with E-state index in [4.69, 9.17) is 4.74 Å². The number of amides is 2. The Bertz CT molecular complexity index is 1150. The highest BCUT2D eigenvalue weighted by Crippen LogP contribution is 2.20. The van der Waals surface area contributed by atoms with Crippen molar-refractivity contribution in [2.24, 2.45) is 0 Å². The number of carbonyl (C=O) groups excluding carboxylic acids is 2. The number of aromatic nitrogens is 3. The monoisotopic (exact) mass is 484 g/mol. The van der Waals surface area contributed by atoms with Crippen molar-refractivity contribution in [3.05, 3.63) is 64.5 Å². The normalized spacial score (nSPS) is 10.5. The van der Waals surface area contributed by atoms with Crippen LogP contribution in [0.4, 0.5) is 17.1 Å². The van der Waals surface area contributed by atoms with Gasteiger partial charge in [0.1, 0.15) is 11.6 Å². The van der Waals surface area contributed by atoms with Crippen molar-refractivity contribution in [2.75, 3.05) is 23.0 Å². The number of carbonyl (C=O) groups is 2. The lowest BCUT2D eigenvalue weighted by molar-refractivity contribution is -0.384. The molecule has 178 valence electrons. The SMILES string of the molecule is CCOc1ccc(NC(=O)Cc2nnc(SCC(=O)Nc3ccc([N+](=O)[O-])cc3)n2CC)cc1. The molecule has 11 nitrogen and oxygen atoms in total. The van der Waals surface area contributed by atoms with Crippen molar-refractivity contribution in [1.29, 1.82) is 0 Å². The Labute approximate surface area is 200 Å². The van der Waals surface area contributed by atoms with E-state index in [9.17, 15) is 19.7 Å². The minimum atomic E-state index is -0.505. The summed E-state index contributed by atoms with van der Waals surface area (Å²) >= 11 is 1.19. The van der Waals surface area contributed by atoms with Crippen LogP contribution in [0.2, 0.25) is 0 Å². The molecule has 3 aromatic rings. The van der Waals surface area contributed by atoms with Crippen LogP contribution in [0.1, 0.15) is 19.7 Å². The first-order chi connectivity index (χ1) is 16.4. The standard InChI is InChI=1S/C22H24N6O5S/c1-3-27-19(13-20(29)23-16-7-11-18(12-8-16)33-4-2)25-26-22(27)34-14-21(30)24-15-5-9-17(10-6-15)28(31)32/h5-12H,3-4,13-14H2,1-2H3,(H,23,29)(H,24,30). The van der Waals surface area contributed by atoms with Crippen LogP contribution in [-0.2, 0) is 22.6 Å². The summed E-state index contributed by atoms with van der Waals surface area (Å²) in [6.45, 7) is 4.90. The molecule has 34 heavy (non-hydrogen) atoms. The molecule has 0 spiro atoms. The predicted octanol–water partition coefficient (Wildman–Crippen LogP) is 3.52. The first-order valence-electron chi connectivity index (χ1n) is 10.5. The van der Waals surface area contributed by atoms with Gasteiger partial charge >= 0.3 is 0 Å². The van der Waals surface area contributed by atoms with Gasteiger partial charge in [-0.1, -0.05) is 11.8 Å². The molecular formula is C22H24N6O5S. The molecule has 0 radical (unpaired) electrons. The molecule has 0 saturated heterocycles. The van der Waals surface area contributed by atoms with Gasteiger partial charge < -0.3 is 19.9 Å². The minimum Gasteiger partial charge on any atom is -0.494 e. The highest BCUT2D eigenvalue weighted by molar-refractivity contribution is 7.99. The van der Waals surface area contributed by atoms with E-state index in [2.05, 4.69) is 20.8 Å². The Morgan fingerprint density at radius 2 is 1.62 bits per heavy atom. The molecule has 0 atom stereocenters. The highest BCUT2D eigenvalue weighted by Gasteiger charge is 2.16. The third-order valence-corrected chi connectivity index (χ3v) is 5.54. The Kier molecular flexibility index (Phi) is 8.57. The van der Waals surface area contributed by atoms with Gasteiger partial charge in [-0.05, 0) is 50.2 Å². The third kappa shape index (κ3) is 6.78. The van der Waals surface area contributed by atoms with E-state index >= 15 is 0 Å². The molecule has 12 heteroatoms.